The third-order valence-corrected chi connectivity index (χ3v) is 5.73. The number of nitrogens with one attached hydrogen (secondary N) is 2. The van der Waals surface area contributed by atoms with E-state index in [1.807, 2.05) is 19.1 Å². The molecule has 34 heavy (non-hydrogen) atoms. The summed E-state index contributed by atoms with van der Waals surface area (Å²) in [6, 6.07) is 7.13. The standard InChI is InChI=1S/C26H38N2O6/c1-3-24(27)32-18-8-6-5-7-17-31-22-13-15-23(16-14-22)34-26(29)21-11-9-20(10-12-21)25(28)33-19-30-4-2/h3,13-16,20-21,27-28H,1,4-12,17-19H2,2H3. The molecule has 0 aromatic heterocycles. The van der Waals surface area contributed by atoms with E-state index in [4.69, 9.17) is 34.5 Å². The van der Waals surface area contributed by atoms with Gasteiger partial charge in [-0.3, -0.25) is 15.6 Å². The van der Waals surface area contributed by atoms with Crippen LogP contribution in [0.5, 0.6) is 11.5 Å². The van der Waals surface area contributed by atoms with Gasteiger partial charge in [0.2, 0.25) is 5.90 Å². The van der Waals surface area contributed by atoms with Gasteiger partial charge >= 0.3 is 5.97 Å². The van der Waals surface area contributed by atoms with Gasteiger partial charge in [-0.25, -0.2) is 0 Å². The van der Waals surface area contributed by atoms with Crippen molar-refractivity contribution in [3.8, 4) is 11.5 Å². The number of unbranched alkanes of at least 4 members (excludes halogenated alkanes) is 3. The van der Waals surface area contributed by atoms with Crippen molar-refractivity contribution in [1.82, 2.24) is 0 Å². The van der Waals surface area contributed by atoms with Crippen molar-refractivity contribution in [3.63, 3.8) is 0 Å². The first-order chi connectivity index (χ1) is 16.5. The SMILES string of the molecule is C=CC(=N)OCCCCCCOc1ccc(OC(=O)C2CCC(C(=N)OCOCC)CC2)cc1. The van der Waals surface area contributed by atoms with Crippen LogP contribution in [-0.2, 0) is 19.0 Å². The number of hydrogen-bond acceptors (Lipinski definition) is 8. The summed E-state index contributed by atoms with van der Waals surface area (Å²) in [7, 11) is 0. The quantitative estimate of drug-likeness (QED) is 0.0866. The van der Waals surface area contributed by atoms with Crippen molar-refractivity contribution < 1.29 is 28.5 Å². The van der Waals surface area contributed by atoms with Crippen LogP contribution in [0.3, 0.4) is 0 Å². The Kier molecular flexibility index (Phi) is 12.8. The Bertz CT molecular complexity index is 772. The summed E-state index contributed by atoms with van der Waals surface area (Å²) >= 11 is 0. The lowest BCUT2D eigenvalue weighted by Crippen LogP contribution is -2.29. The Morgan fingerprint density at radius 2 is 1.56 bits per heavy atom. The molecule has 0 radical (unpaired) electrons. The van der Waals surface area contributed by atoms with Gasteiger partial charge in [0.15, 0.2) is 12.7 Å². The Balaban J connectivity index is 1.59. The van der Waals surface area contributed by atoms with Crippen LogP contribution in [0.25, 0.3) is 0 Å². The lowest BCUT2D eigenvalue weighted by atomic mass is 9.82. The van der Waals surface area contributed by atoms with Crippen molar-refractivity contribution in [2.24, 2.45) is 11.8 Å². The molecule has 0 heterocycles. The molecular formula is C26H38N2O6. The van der Waals surface area contributed by atoms with Gasteiger partial charge in [-0.15, -0.1) is 0 Å². The number of esters is 1. The molecule has 1 aromatic rings. The molecule has 0 aliphatic heterocycles. The van der Waals surface area contributed by atoms with Crippen LogP contribution < -0.4 is 9.47 Å². The minimum Gasteiger partial charge on any atom is -0.494 e. The van der Waals surface area contributed by atoms with Gasteiger partial charge in [0, 0.05) is 12.5 Å². The zero-order valence-corrected chi connectivity index (χ0v) is 20.2. The van der Waals surface area contributed by atoms with Gasteiger partial charge in [-0.2, -0.15) is 0 Å². The number of carbonyl (C=O) groups excluding carboxylic acids is 1. The monoisotopic (exact) mass is 474 g/mol. The van der Waals surface area contributed by atoms with Crippen LogP contribution in [-0.4, -0.2) is 44.4 Å². The van der Waals surface area contributed by atoms with E-state index < -0.39 is 0 Å². The molecule has 8 heteroatoms. The molecule has 1 aliphatic rings. The summed E-state index contributed by atoms with van der Waals surface area (Å²) in [6.45, 7) is 7.19. The molecule has 1 fully saturated rings. The first-order valence-corrected chi connectivity index (χ1v) is 12.1. The van der Waals surface area contributed by atoms with Crippen LogP contribution in [0, 0.1) is 22.7 Å². The predicted molar refractivity (Wildman–Crippen MR) is 131 cm³/mol. The third-order valence-electron chi connectivity index (χ3n) is 5.73. The number of carbonyl (C=O) groups is 1. The second-order valence-electron chi connectivity index (χ2n) is 8.24. The molecule has 8 nitrogen and oxygen atoms in total. The zero-order valence-electron chi connectivity index (χ0n) is 20.2. The van der Waals surface area contributed by atoms with Crippen molar-refractivity contribution >= 4 is 17.8 Å². The average molecular weight is 475 g/mol. The molecule has 188 valence electrons. The molecule has 0 atom stereocenters. The first-order valence-electron chi connectivity index (χ1n) is 12.1. The van der Waals surface area contributed by atoms with Gasteiger partial charge < -0.3 is 23.7 Å². The van der Waals surface area contributed by atoms with Crippen molar-refractivity contribution in [2.75, 3.05) is 26.6 Å². The molecule has 0 spiro atoms. The highest BCUT2D eigenvalue weighted by molar-refractivity contribution is 5.83. The van der Waals surface area contributed by atoms with Crippen LogP contribution in [0.15, 0.2) is 36.9 Å². The maximum Gasteiger partial charge on any atom is 0.314 e. The topological polar surface area (TPSA) is 111 Å². The Labute approximate surface area is 202 Å². The van der Waals surface area contributed by atoms with E-state index in [0.717, 1.165) is 44.3 Å². The lowest BCUT2D eigenvalue weighted by Gasteiger charge is -2.27. The second-order valence-corrected chi connectivity index (χ2v) is 8.24. The zero-order chi connectivity index (χ0) is 24.6. The van der Waals surface area contributed by atoms with Gasteiger partial charge in [0.25, 0.3) is 0 Å². The van der Waals surface area contributed by atoms with E-state index in [0.29, 0.717) is 38.4 Å². The Morgan fingerprint density at radius 1 is 0.941 bits per heavy atom. The summed E-state index contributed by atoms with van der Waals surface area (Å²) in [4.78, 5) is 12.5. The fourth-order valence-electron chi connectivity index (χ4n) is 3.69. The van der Waals surface area contributed by atoms with Gasteiger partial charge in [-0.05, 0) is 88.6 Å². The highest BCUT2D eigenvalue weighted by Gasteiger charge is 2.30. The number of hydrogen-bond donors (Lipinski definition) is 2. The van der Waals surface area contributed by atoms with E-state index in [-0.39, 0.29) is 36.4 Å². The van der Waals surface area contributed by atoms with Gasteiger partial charge in [0.1, 0.15) is 11.5 Å². The molecule has 0 unspecified atom stereocenters. The van der Waals surface area contributed by atoms with E-state index in [2.05, 4.69) is 6.58 Å². The fourth-order valence-corrected chi connectivity index (χ4v) is 3.69. The molecule has 1 saturated carbocycles. The van der Waals surface area contributed by atoms with Crippen LogP contribution in [0.4, 0.5) is 0 Å². The minimum atomic E-state index is -0.221. The summed E-state index contributed by atoms with van der Waals surface area (Å²) < 4.78 is 26.9. The Morgan fingerprint density at radius 3 is 2.21 bits per heavy atom. The van der Waals surface area contributed by atoms with E-state index >= 15 is 0 Å². The van der Waals surface area contributed by atoms with E-state index in [1.165, 1.54) is 6.08 Å². The van der Waals surface area contributed by atoms with Crippen molar-refractivity contribution in [1.29, 1.82) is 10.8 Å². The Hall–Kier alpha value is -2.87. The first kappa shape index (κ1) is 27.4. The normalized spacial score (nSPS) is 17.4. The maximum atomic E-state index is 12.5. The fraction of sp³-hybridized carbons (Fsp3) is 0.577. The predicted octanol–water partition coefficient (Wildman–Crippen LogP) is 5.51. The molecule has 2 N–H and O–H groups in total. The number of rotatable bonds is 15. The second kappa shape index (κ2) is 15.9. The van der Waals surface area contributed by atoms with Gasteiger partial charge in [-0.1, -0.05) is 6.58 Å². The molecule has 0 bridgehead atoms. The van der Waals surface area contributed by atoms with Gasteiger partial charge in [0.05, 0.1) is 19.1 Å². The van der Waals surface area contributed by atoms with E-state index in [1.54, 1.807) is 12.1 Å². The molecule has 2 rings (SSSR count). The van der Waals surface area contributed by atoms with Crippen LogP contribution in [0.1, 0.15) is 58.3 Å². The minimum absolute atomic E-state index is 0.0427. The summed E-state index contributed by atoms with van der Waals surface area (Å²) in [6.07, 6.45) is 8.14. The maximum absolute atomic E-state index is 12.5. The number of benzene rings is 1. The van der Waals surface area contributed by atoms with Crippen molar-refractivity contribution in [3.05, 3.63) is 36.9 Å². The number of ether oxygens (including phenoxy) is 5. The smallest absolute Gasteiger partial charge is 0.314 e. The molecule has 1 aliphatic carbocycles. The van der Waals surface area contributed by atoms with Crippen molar-refractivity contribution in [2.45, 2.75) is 58.3 Å². The summed E-state index contributed by atoms with van der Waals surface area (Å²) in [5.74, 6) is 1.29. The molecule has 0 amide bonds. The average Bonchev–Trinajstić information content (AvgIpc) is 2.86. The molecular weight excluding hydrogens is 436 g/mol. The highest BCUT2D eigenvalue weighted by atomic mass is 16.7. The lowest BCUT2D eigenvalue weighted by molar-refractivity contribution is -0.140. The summed E-state index contributed by atoms with van der Waals surface area (Å²) in [5.41, 5.74) is 0. The highest BCUT2D eigenvalue weighted by Crippen LogP contribution is 2.31. The molecule has 1 aromatic carbocycles. The molecule has 0 saturated heterocycles. The van der Waals surface area contributed by atoms with E-state index in [9.17, 15) is 4.79 Å². The summed E-state index contributed by atoms with van der Waals surface area (Å²) in [5, 5.41) is 15.3. The largest absolute Gasteiger partial charge is 0.494 e. The third kappa shape index (κ3) is 10.4. The van der Waals surface area contributed by atoms with Crippen LogP contribution in [0.2, 0.25) is 0 Å². The van der Waals surface area contributed by atoms with Crippen LogP contribution >= 0.6 is 0 Å².